The Balaban J connectivity index is 2.10. The molecule has 6 heteroatoms. The Morgan fingerprint density at radius 2 is 1.83 bits per heavy atom. The van der Waals surface area contributed by atoms with E-state index in [1.807, 2.05) is 25.1 Å². The lowest BCUT2D eigenvalue weighted by atomic mass is 10.2. The van der Waals surface area contributed by atoms with Crippen molar-refractivity contribution in [3.63, 3.8) is 0 Å². The van der Waals surface area contributed by atoms with Gasteiger partial charge in [0.15, 0.2) is 0 Å². The molecule has 0 spiro atoms. The van der Waals surface area contributed by atoms with E-state index in [1.165, 1.54) is 11.8 Å². The number of carbonyl (C=O) groups excluding carboxylic acids is 2. The van der Waals surface area contributed by atoms with Crippen LogP contribution in [0.1, 0.15) is 12.5 Å². The van der Waals surface area contributed by atoms with E-state index in [4.69, 9.17) is 4.74 Å². The number of carbonyl (C=O) groups is 2. The Bertz CT molecular complexity index is 744. The standard InChI is InChI=1S/C18H19BrN2O3/c1-12-4-7-15(10-17(12)19)21(13(2)22)11-18(23)20-14-5-8-16(24-3)9-6-14/h4-10H,11H2,1-3H3,(H,20,23). The number of hydrogen-bond acceptors (Lipinski definition) is 3. The normalized spacial score (nSPS) is 10.2. The average Bonchev–Trinajstić information content (AvgIpc) is 2.56. The second-order valence-corrected chi connectivity index (χ2v) is 6.17. The maximum absolute atomic E-state index is 12.3. The fourth-order valence-corrected chi connectivity index (χ4v) is 2.52. The molecule has 126 valence electrons. The van der Waals surface area contributed by atoms with E-state index in [1.54, 1.807) is 31.4 Å². The van der Waals surface area contributed by atoms with Crippen molar-refractivity contribution in [1.82, 2.24) is 0 Å². The highest BCUT2D eigenvalue weighted by Crippen LogP contribution is 2.24. The van der Waals surface area contributed by atoms with Gasteiger partial charge in [0.25, 0.3) is 0 Å². The Kier molecular flexibility index (Phi) is 5.98. The highest BCUT2D eigenvalue weighted by molar-refractivity contribution is 9.10. The molecular weight excluding hydrogens is 372 g/mol. The van der Waals surface area contributed by atoms with Gasteiger partial charge in [-0.05, 0) is 48.9 Å². The van der Waals surface area contributed by atoms with Gasteiger partial charge in [-0.2, -0.15) is 0 Å². The molecule has 24 heavy (non-hydrogen) atoms. The van der Waals surface area contributed by atoms with Crippen molar-refractivity contribution in [2.75, 3.05) is 23.9 Å². The van der Waals surface area contributed by atoms with Crippen LogP contribution in [0.25, 0.3) is 0 Å². The van der Waals surface area contributed by atoms with Gasteiger partial charge in [0.2, 0.25) is 11.8 Å². The molecule has 2 aromatic carbocycles. The topological polar surface area (TPSA) is 58.6 Å². The van der Waals surface area contributed by atoms with Gasteiger partial charge in [0.1, 0.15) is 12.3 Å². The number of anilines is 2. The molecule has 0 aliphatic carbocycles. The van der Waals surface area contributed by atoms with Crippen LogP contribution >= 0.6 is 15.9 Å². The fourth-order valence-electron chi connectivity index (χ4n) is 2.15. The van der Waals surface area contributed by atoms with Crippen LogP contribution in [0, 0.1) is 6.92 Å². The monoisotopic (exact) mass is 390 g/mol. The number of methoxy groups -OCH3 is 1. The predicted molar refractivity (Wildman–Crippen MR) is 98.5 cm³/mol. The minimum absolute atomic E-state index is 0.0587. The van der Waals surface area contributed by atoms with Crippen molar-refractivity contribution in [3.05, 3.63) is 52.5 Å². The number of nitrogens with one attached hydrogen (secondary N) is 1. The summed E-state index contributed by atoms with van der Waals surface area (Å²) in [5.41, 5.74) is 2.38. The molecule has 0 fully saturated rings. The lowest BCUT2D eigenvalue weighted by Gasteiger charge is -2.21. The number of hydrogen-bond donors (Lipinski definition) is 1. The number of nitrogens with zero attached hydrogens (tertiary/aromatic N) is 1. The Labute approximate surface area is 149 Å². The molecule has 1 N–H and O–H groups in total. The number of rotatable bonds is 5. The highest BCUT2D eigenvalue weighted by atomic mass is 79.9. The van der Waals surface area contributed by atoms with E-state index in [-0.39, 0.29) is 18.4 Å². The Hall–Kier alpha value is -2.34. The first-order valence-electron chi connectivity index (χ1n) is 7.39. The van der Waals surface area contributed by atoms with Gasteiger partial charge in [-0.3, -0.25) is 9.59 Å². The van der Waals surface area contributed by atoms with Crippen molar-refractivity contribution in [1.29, 1.82) is 0 Å². The third kappa shape index (κ3) is 4.58. The SMILES string of the molecule is COc1ccc(NC(=O)CN(C(C)=O)c2ccc(C)c(Br)c2)cc1. The highest BCUT2D eigenvalue weighted by Gasteiger charge is 2.16. The third-order valence-corrected chi connectivity index (χ3v) is 4.38. The van der Waals surface area contributed by atoms with Crippen LogP contribution in [0.4, 0.5) is 11.4 Å². The molecule has 0 radical (unpaired) electrons. The molecule has 0 saturated heterocycles. The van der Waals surface area contributed by atoms with E-state index in [9.17, 15) is 9.59 Å². The number of halogens is 1. The fraction of sp³-hybridized carbons (Fsp3) is 0.222. The van der Waals surface area contributed by atoms with E-state index >= 15 is 0 Å². The maximum Gasteiger partial charge on any atom is 0.244 e. The molecule has 0 atom stereocenters. The van der Waals surface area contributed by atoms with Gasteiger partial charge in [-0.15, -0.1) is 0 Å². The van der Waals surface area contributed by atoms with E-state index in [2.05, 4.69) is 21.2 Å². The summed E-state index contributed by atoms with van der Waals surface area (Å²) in [6, 6.07) is 12.6. The number of aryl methyl sites for hydroxylation is 1. The lowest BCUT2D eigenvalue weighted by molar-refractivity contribution is -0.120. The van der Waals surface area contributed by atoms with Crippen LogP contribution in [0.15, 0.2) is 46.9 Å². The zero-order valence-electron chi connectivity index (χ0n) is 13.8. The van der Waals surface area contributed by atoms with Gasteiger partial charge in [0.05, 0.1) is 7.11 Å². The van der Waals surface area contributed by atoms with Crippen molar-refractivity contribution in [3.8, 4) is 5.75 Å². The second kappa shape index (κ2) is 7.97. The summed E-state index contributed by atoms with van der Waals surface area (Å²) < 4.78 is 5.97. The van der Waals surface area contributed by atoms with Gasteiger partial charge in [0, 0.05) is 22.8 Å². The number of amides is 2. The summed E-state index contributed by atoms with van der Waals surface area (Å²) in [6.45, 7) is 3.34. The van der Waals surface area contributed by atoms with Crippen LogP contribution in [-0.2, 0) is 9.59 Å². The summed E-state index contributed by atoms with van der Waals surface area (Å²) >= 11 is 3.45. The minimum Gasteiger partial charge on any atom is -0.497 e. The number of ether oxygens (including phenoxy) is 1. The smallest absolute Gasteiger partial charge is 0.244 e. The van der Waals surface area contributed by atoms with E-state index in [0.29, 0.717) is 17.1 Å². The quantitative estimate of drug-likeness (QED) is 0.845. The molecule has 0 aliphatic rings. The average molecular weight is 391 g/mol. The molecule has 0 aromatic heterocycles. The first-order chi connectivity index (χ1) is 11.4. The minimum atomic E-state index is -0.271. The second-order valence-electron chi connectivity index (χ2n) is 5.32. The van der Waals surface area contributed by atoms with Crippen LogP contribution in [0.3, 0.4) is 0 Å². The first kappa shape index (κ1) is 18.0. The number of benzene rings is 2. The zero-order chi connectivity index (χ0) is 17.7. The molecule has 0 bridgehead atoms. The molecule has 2 amide bonds. The van der Waals surface area contributed by atoms with Gasteiger partial charge in [-0.25, -0.2) is 0 Å². The summed E-state index contributed by atoms with van der Waals surface area (Å²) in [4.78, 5) is 25.6. The van der Waals surface area contributed by atoms with Gasteiger partial charge < -0.3 is 15.0 Å². The van der Waals surface area contributed by atoms with Gasteiger partial charge >= 0.3 is 0 Å². The molecule has 0 saturated carbocycles. The summed E-state index contributed by atoms with van der Waals surface area (Å²) in [5.74, 6) is 0.241. The van der Waals surface area contributed by atoms with Crippen LogP contribution in [0.5, 0.6) is 5.75 Å². The van der Waals surface area contributed by atoms with Crippen LogP contribution in [-0.4, -0.2) is 25.5 Å². The molecule has 0 heterocycles. The molecule has 0 unspecified atom stereocenters. The lowest BCUT2D eigenvalue weighted by Crippen LogP contribution is -2.36. The van der Waals surface area contributed by atoms with Crippen LogP contribution < -0.4 is 15.0 Å². The summed E-state index contributed by atoms with van der Waals surface area (Å²) in [6.07, 6.45) is 0. The maximum atomic E-state index is 12.3. The van der Waals surface area contributed by atoms with Crippen molar-refractivity contribution < 1.29 is 14.3 Å². The van der Waals surface area contributed by atoms with Crippen molar-refractivity contribution in [2.45, 2.75) is 13.8 Å². The van der Waals surface area contributed by atoms with Crippen molar-refractivity contribution >= 4 is 39.1 Å². The summed E-state index contributed by atoms with van der Waals surface area (Å²) in [7, 11) is 1.58. The Morgan fingerprint density at radius 3 is 2.38 bits per heavy atom. The predicted octanol–water partition coefficient (Wildman–Crippen LogP) is 3.76. The zero-order valence-corrected chi connectivity index (χ0v) is 15.4. The van der Waals surface area contributed by atoms with E-state index in [0.717, 1.165) is 10.0 Å². The third-order valence-electron chi connectivity index (χ3n) is 3.52. The van der Waals surface area contributed by atoms with Gasteiger partial charge in [-0.1, -0.05) is 22.0 Å². The first-order valence-corrected chi connectivity index (χ1v) is 8.18. The van der Waals surface area contributed by atoms with Crippen molar-refractivity contribution in [2.24, 2.45) is 0 Å². The molecule has 2 rings (SSSR count). The molecule has 0 aliphatic heterocycles. The molecular formula is C18H19BrN2O3. The molecule has 5 nitrogen and oxygen atoms in total. The van der Waals surface area contributed by atoms with Crippen LogP contribution in [0.2, 0.25) is 0 Å². The molecule has 2 aromatic rings. The van der Waals surface area contributed by atoms with E-state index < -0.39 is 0 Å². The summed E-state index contributed by atoms with van der Waals surface area (Å²) in [5, 5.41) is 2.77. The Morgan fingerprint density at radius 1 is 1.17 bits per heavy atom. The largest absolute Gasteiger partial charge is 0.497 e.